The highest BCUT2D eigenvalue weighted by molar-refractivity contribution is 9.10. The molecule has 160 valence electrons. The fourth-order valence-electron chi connectivity index (χ4n) is 5.20. The molecule has 0 atom stereocenters. The normalized spacial score (nSPS) is 11.7. The van der Waals surface area contributed by atoms with Crippen molar-refractivity contribution < 1.29 is 0 Å². The number of hydrogen-bond donors (Lipinski definition) is 0. The van der Waals surface area contributed by atoms with E-state index in [1.165, 1.54) is 58.4 Å². The van der Waals surface area contributed by atoms with Crippen molar-refractivity contribution in [3.05, 3.63) is 114 Å². The van der Waals surface area contributed by atoms with Crippen molar-refractivity contribution in [2.24, 2.45) is 0 Å². The highest BCUT2D eigenvalue weighted by atomic mass is 79.9. The van der Waals surface area contributed by atoms with E-state index in [1.807, 2.05) is 23.6 Å². The highest BCUT2D eigenvalue weighted by Crippen LogP contribution is 2.47. The summed E-state index contributed by atoms with van der Waals surface area (Å²) in [6.45, 7) is 0. The lowest BCUT2D eigenvalue weighted by Gasteiger charge is -2.18. The first kappa shape index (κ1) is 19.9. The maximum absolute atomic E-state index is 4.53. The molecule has 0 amide bonds. The molecule has 0 unspecified atom stereocenters. The van der Waals surface area contributed by atoms with Crippen LogP contribution >= 0.6 is 27.3 Å². The zero-order valence-corrected chi connectivity index (χ0v) is 20.5. The third-order valence-corrected chi connectivity index (χ3v) is 8.31. The Kier molecular flexibility index (Phi) is 4.54. The van der Waals surface area contributed by atoms with Crippen LogP contribution in [0.3, 0.4) is 0 Å². The number of aromatic nitrogens is 1. The number of fused-ring (bicyclic) bond motifs is 5. The third kappa shape index (κ3) is 2.94. The Balaban J connectivity index is 1.67. The van der Waals surface area contributed by atoms with Crippen LogP contribution in [-0.2, 0) is 0 Å². The van der Waals surface area contributed by atoms with Gasteiger partial charge >= 0.3 is 0 Å². The Morgan fingerprint density at radius 3 is 1.76 bits per heavy atom. The summed E-state index contributed by atoms with van der Waals surface area (Å²) < 4.78 is 3.52. The van der Waals surface area contributed by atoms with E-state index < -0.39 is 0 Å². The topological polar surface area (TPSA) is 12.9 Å². The molecule has 3 heteroatoms. The van der Waals surface area contributed by atoms with Gasteiger partial charge in [-0.3, -0.25) is 0 Å². The van der Waals surface area contributed by atoms with Gasteiger partial charge in [0.25, 0.3) is 0 Å². The standard InChI is InChI=1S/C31H18BrNS/c32-28-17-16-19(18-33-28)29-21-9-1-3-11-23(21)30(24-12-4-2-10-22(24)29)26-14-7-13-25-20-8-5-6-15-27(20)34-31(25)26/h1-18H. The molecule has 7 rings (SSSR count). The van der Waals surface area contributed by atoms with Crippen molar-refractivity contribution in [3.63, 3.8) is 0 Å². The van der Waals surface area contributed by atoms with Crippen LogP contribution in [0.4, 0.5) is 0 Å². The molecule has 0 aliphatic heterocycles. The largest absolute Gasteiger partial charge is 0.249 e. The Bertz CT molecular complexity index is 1810. The van der Waals surface area contributed by atoms with Crippen LogP contribution in [0.5, 0.6) is 0 Å². The molecule has 0 bridgehead atoms. The molecule has 0 aliphatic rings. The Labute approximate surface area is 209 Å². The van der Waals surface area contributed by atoms with Crippen molar-refractivity contribution in [1.29, 1.82) is 0 Å². The first-order valence-electron chi connectivity index (χ1n) is 11.3. The molecule has 1 nitrogen and oxygen atoms in total. The Hall–Kier alpha value is -3.53. The average Bonchev–Trinajstić information content (AvgIpc) is 3.27. The van der Waals surface area contributed by atoms with Gasteiger partial charge in [-0.25, -0.2) is 4.98 Å². The SMILES string of the molecule is Brc1ccc(-c2c3ccccc3c(-c3cccc4c3sc3ccccc34)c3ccccc23)cn1. The molecule has 5 aromatic carbocycles. The second kappa shape index (κ2) is 7.76. The van der Waals surface area contributed by atoms with Crippen molar-refractivity contribution in [2.75, 3.05) is 0 Å². The lowest BCUT2D eigenvalue weighted by atomic mass is 9.86. The minimum atomic E-state index is 0.845. The summed E-state index contributed by atoms with van der Waals surface area (Å²) in [5.41, 5.74) is 4.96. The summed E-state index contributed by atoms with van der Waals surface area (Å²) in [5, 5.41) is 7.69. The van der Waals surface area contributed by atoms with Gasteiger partial charge in [0.1, 0.15) is 4.60 Å². The van der Waals surface area contributed by atoms with Crippen LogP contribution in [0.15, 0.2) is 114 Å². The number of benzene rings is 5. The molecule has 0 fully saturated rings. The number of nitrogens with zero attached hydrogens (tertiary/aromatic N) is 1. The molecular formula is C31H18BrNS. The van der Waals surface area contributed by atoms with Gasteiger partial charge < -0.3 is 0 Å². The van der Waals surface area contributed by atoms with E-state index in [0.717, 1.165) is 10.2 Å². The molecule has 7 aromatic rings. The predicted octanol–water partition coefficient (Wildman–Crippen LogP) is 9.85. The summed E-state index contributed by atoms with van der Waals surface area (Å²) in [4.78, 5) is 4.53. The van der Waals surface area contributed by atoms with Crippen molar-refractivity contribution in [2.45, 2.75) is 0 Å². The monoisotopic (exact) mass is 515 g/mol. The van der Waals surface area contributed by atoms with E-state index >= 15 is 0 Å². The minimum absolute atomic E-state index is 0.845. The third-order valence-electron chi connectivity index (χ3n) is 6.62. The second-order valence-corrected chi connectivity index (χ2v) is 10.4. The second-order valence-electron chi connectivity index (χ2n) is 8.49. The predicted molar refractivity (Wildman–Crippen MR) is 151 cm³/mol. The van der Waals surface area contributed by atoms with Gasteiger partial charge in [-0.15, -0.1) is 11.3 Å². The molecule has 34 heavy (non-hydrogen) atoms. The van der Waals surface area contributed by atoms with Crippen LogP contribution in [0.2, 0.25) is 0 Å². The number of hydrogen-bond acceptors (Lipinski definition) is 2. The summed E-state index contributed by atoms with van der Waals surface area (Å²) in [6, 6.07) is 37.2. The molecule has 0 N–H and O–H groups in total. The Morgan fingerprint density at radius 1 is 0.529 bits per heavy atom. The minimum Gasteiger partial charge on any atom is -0.249 e. The van der Waals surface area contributed by atoms with Crippen molar-refractivity contribution in [1.82, 2.24) is 4.98 Å². The first-order valence-corrected chi connectivity index (χ1v) is 12.9. The number of pyridine rings is 1. The summed E-state index contributed by atoms with van der Waals surface area (Å²) in [5.74, 6) is 0. The van der Waals surface area contributed by atoms with Gasteiger partial charge in [-0.05, 0) is 60.7 Å². The van der Waals surface area contributed by atoms with E-state index in [4.69, 9.17) is 0 Å². The summed E-state index contributed by atoms with van der Waals surface area (Å²) in [6.07, 6.45) is 1.96. The van der Waals surface area contributed by atoms with Gasteiger partial charge in [0.2, 0.25) is 0 Å². The van der Waals surface area contributed by atoms with Gasteiger partial charge in [0.15, 0.2) is 0 Å². The number of halogens is 1. The van der Waals surface area contributed by atoms with Gasteiger partial charge in [-0.1, -0.05) is 91.0 Å². The fourth-order valence-corrected chi connectivity index (χ4v) is 6.65. The van der Waals surface area contributed by atoms with Crippen molar-refractivity contribution >= 4 is 69.0 Å². The van der Waals surface area contributed by atoms with Crippen LogP contribution in [0, 0.1) is 0 Å². The van der Waals surface area contributed by atoms with E-state index in [2.05, 4.69) is 118 Å². The smallest absolute Gasteiger partial charge is 0.106 e. The van der Waals surface area contributed by atoms with Crippen LogP contribution in [-0.4, -0.2) is 4.98 Å². The van der Waals surface area contributed by atoms with Crippen LogP contribution in [0.25, 0.3) is 64.0 Å². The zero-order valence-electron chi connectivity index (χ0n) is 18.1. The lowest BCUT2D eigenvalue weighted by Crippen LogP contribution is -1.91. The maximum atomic E-state index is 4.53. The number of thiophene rings is 1. The summed E-state index contributed by atoms with van der Waals surface area (Å²) >= 11 is 5.37. The molecule has 0 saturated heterocycles. The first-order chi connectivity index (χ1) is 16.8. The van der Waals surface area contributed by atoms with E-state index in [-0.39, 0.29) is 0 Å². The fraction of sp³-hybridized carbons (Fsp3) is 0. The van der Waals surface area contributed by atoms with Gasteiger partial charge in [-0.2, -0.15) is 0 Å². The lowest BCUT2D eigenvalue weighted by molar-refractivity contribution is 1.28. The molecule has 0 radical (unpaired) electrons. The molecule has 0 saturated carbocycles. The van der Waals surface area contributed by atoms with Crippen molar-refractivity contribution in [3.8, 4) is 22.3 Å². The molecule has 2 heterocycles. The van der Waals surface area contributed by atoms with E-state index in [1.54, 1.807) is 0 Å². The van der Waals surface area contributed by atoms with Gasteiger partial charge in [0.05, 0.1) is 0 Å². The van der Waals surface area contributed by atoms with E-state index in [9.17, 15) is 0 Å². The molecule has 0 aliphatic carbocycles. The highest BCUT2D eigenvalue weighted by Gasteiger charge is 2.19. The maximum Gasteiger partial charge on any atom is 0.106 e. The molecular weight excluding hydrogens is 498 g/mol. The quantitative estimate of drug-likeness (QED) is 0.165. The average molecular weight is 516 g/mol. The molecule has 2 aromatic heterocycles. The van der Waals surface area contributed by atoms with Crippen LogP contribution < -0.4 is 0 Å². The molecule has 0 spiro atoms. The number of rotatable bonds is 2. The van der Waals surface area contributed by atoms with E-state index in [0.29, 0.717) is 0 Å². The van der Waals surface area contributed by atoms with Crippen LogP contribution in [0.1, 0.15) is 0 Å². The van der Waals surface area contributed by atoms with Gasteiger partial charge in [0, 0.05) is 37.5 Å². The Morgan fingerprint density at radius 2 is 1.12 bits per heavy atom. The summed E-state index contributed by atoms with van der Waals surface area (Å²) in [7, 11) is 0. The zero-order chi connectivity index (χ0) is 22.6.